The molecule has 0 spiro atoms. The van der Waals surface area contributed by atoms with Crippen molar-refractivity contribution in [1.82, 2.24) is 49.4 Å². The molecule has 11 aromatic heterocycles. The van der Waals surface area contributed by atoms with Gasteiger partial charge in [0.1, 0.15) is 11.6 Å². The number of aromatic amines is 1. The van der Waals surface area contributed by atoms with Crippen LogP contribution in [0.5, 0.6) is 0 Å². The minimum Gasteiger partial charge on any atom is -0.353 e. The molecule has 0 bridgehead atoms. The number of anilines is 3. The molecule has 4 radical (unpaired) electrons. The van der Waals surface area contributed by atoms with Crippen LogP contribution in [0.15, 0.2) is 431 Å². The summed E-state index contributed by atoms with van der Waals surface area (Å²) >= 11 is 1.77. The number of pyridine rings is 8. The van der Waals surface area contributed by atoms with Crippen molar-refractivity contribution < 1.29 is 101 Å². The van der Waals surface area contributed by atoms with Gasteiger partial charge in [-0.15, -0.1) is 280 Å². The number of aromatic nitrogens is 10. The summed E-state index contributed by atoms with van der Waals surface area (Å²) in [5.74, 6) is 1.93. The third kappa shape index (κ3) is 24.7. The van der Waals surface area contributed by atoms with Crippen molar-refractivity contribution in [1.29, 1.82) is 0 Å². The van der Waals surface area contributed by atoms with Crippen molar-refractivity contribution >= 4 is 119 Å². The van der Waals surface area contributed by atoms with Gasteiger partial charge in [-0.1, -0.05) is 208 Å². The van der Waals surface area contributed by atoms with Crippen LogP contribution in [0.1, 0.15) is 27.8 Å². The molecule has 0 aliphatic carbocycles. The molecule has 0 atom stereocenters. The minimum atomic E-state index is -1.28. The maximum atomic E-state index is 5.16. The van der Waals surface area contributed by atoms with Gasteiger partial charge in [-0.3, -0.25) is 14.9 Å². The molecule has 726 valence electrons. The number of thiophene rings is 1. The van der Waals surface area contributed by atoms with Crippen LogP contribution < -0.4 is 15.3 Å². The first-order valence-corrected chi connectivity index (χ1v) is 55.0. The first kappa shape index (κ1) is 107. The topological polar surface area (TPSA) is 127 Å². The fraction of sp³-hybridized carbons (Fsp3) is 0.0709. The second-order valence-electron chi connectivity index (χ2n) is 36.4. The zero-order valence-electron chi connectivity index (χ0n) is 80.9. The van der Waals surface area contributed by atoms with E-state index in [0.717, 1.165) is 131 Å². The molecule has 0 fully saturated rings. The molecule has 26 rings (SSSR count). The predicted molar refractivity (Wildman–Crippen MR) is 589 cm³/mol. The van der Waals surface area contributed by atoms with Gasteiger partial charge in [0, 0.05) is 179 Å². The Morgan fingerprint density at radius 1 is 0.308 bits per heavy atom. The van der Waals surface area contributed by atoms with E-state index >= 15 is 0 Å². The van der Waals surface area contributed by atoms with E-state index in [9.17, 15) is 0 Å². The largest absolute Gasteiger partial charge is 2.00 e. The Morgan fingerprint density at radius 3 is 1.30 bits per heavy atom. The van der Waals surface area contributed by atoms with Gasteiger partial charge in [0.25, 0.3) is 0 Å². The molecule has 0 amide bonds. The molecular formula is C127H97Ir4N11PtSSi2-6. The molecule has 0 saturated heterocycles. The number of H-pyrrole nitrogens is 1. The molecule has 13 aromatic carbocycles. The van der Waals surface area contributed by atoms with E-state index in [1.54, 1.807) is 23.7 Å². The van der Waals surface area contributed by atoms with E-state index < -0.39 is 16.1 Å². The summed E-state index contributed by atoms with van der Waals surface area (Å²) in [6.07, 6.45) is 13.1. The third-order valence-electron chi connectivity index (χ3n) is 24.9. The molecule has 11 nitrogen and oxygen atoms in total. The monoisotopic (exact) mass is 2830 g/mol. The molecule has 2 aliphatic heterocycles. The number of benzene rings is 13. The number of rotatable bonds is 11. The summed E-state index contributed by atoms with van der Waals surface area (Å²) in [6.45, 7) is 16.3. The van der Waals surface area contributed by atoms with E-state index in [0.29, 0.717) is 0 Å². The van der Waals surface area contributed by atoms with Crippen LogP contribution in [0.25, 0.3) is 160 Å². The molecular weight excluding hydrogens is 2730 g/mol. The van der Waals surface area contributed by atoms with Crippen LogP contribution in [0.3, 0.4) is 0 Å². The van der Waals surface area contributed by atoms with Gasteiger partial charge < -0.3 is 39.5 Å². The van der Waals surface area contributed by atoms with Crippen molar-refractivity contribution in [2.24, 2.45) is 0 Å². The number of hydrogen-bond acceptors (Lipinski definition) is 10. The number of para-hydroxylation sites is 3. The fourth-order valence-corrected chi connectivity index (χ4v) is 20.9. The van der Waals surface area contributed by atoms with E-state index in [2.05, 4.69) is 333 Å². The Kier molecular flexibility index (Phi) is 36.2. The van der Waals surface area contributed by atoms with Crippen molar-refractivity contribution in [3.05, 3.63) is 508 Å². The fourth-order valence-electron chi connectivity index (χ4n) is 17.7. The summed E-state index contributed by atoms with van der Waals surface area (Å²) in [5, 5.41) is 8.91. The zero-order valence-corrected chi connectivity index (χ0v) is 95.6. The molecule has 13 heterocycles. The quantitative estimate of drug-likeness (QED) is 0.0995. The number of hydrogen-bond donors (Lipinski definition) is 1. The van der Waals surface area contributed by atoms with Gasteiger partial charge in [0.2, 0.25) is 0 Å². The second kappa shape index (κ2) is 49.5. The molecule has 19 heteroatoms. The van der Waals surface area contributed by atoms with Crippen molar-refractivity contribution in [2.75, 3.05) is 4.90 Å². The molecule has 0 saturated carbocycles. The molecule has 0 unspecified atom stereocenters. The Labute approximate surface area is 928 Å². The Hall–Kier alpha value is -13.6. The maximum absolute atomic E-state index is 5.16. The van der Waals surface area contributed by atoms with Gasteiger partial charge in [0.15, 0.2) is 0 Å². The first-order chi connectivity index (χ1) is 69.1. The maximum Gasteiger partial charge on any atom is 2.00 e. The van der Waals surface area contributed by atoms with Gasteiger partial charge in [-0.05, 0) is 134 Å². The third-order valence-corrected chi connectivity index (χ3v) is 30.0. The van der Waals surface area contributed by atoms with Gasteiger partial charge >= 0.3 is 21.1 Å². The summed E-state index contributed by atoms with van der Waals surface area (Å²) in [7, 11) is -2.54. The van der Waals surface area contributed by atoms with Crippen LogP contribution in [0.2, 0.25) is 39.3 Å². The zero-order chi connectivity index (χ0) is 96.0. The van der Waals surface area contributed by atoms with Crippen LogP contribution in [-0.4, -0.2) is 65.6 Å². The molecule has 24 aromatic rings. The normalized spacial score (nSPS) is 11.2. The first-order valence-electron chi connectivity index (χ1n) is 47.2. The van der Waals surface area contributed by atoms with E-state index in [1.807, 2.05) is 225 Å². The summed E-state index contributed by atoms with van der Waals surface area (Å²) < 4.78 is 4.84. The van der Waals surface area contributed by atoms with E-state index in [-0.39, 0.29) is 101 Å². The SMILES string of the molecule is C[Si](C)(C)c1ccc(-c2[c-]ccc([Si](C)(C)C)c2)nc1.Cc1cc(-c2[c-]cccc2)ncc1-c1ccccc1.[Ir].[Ir].[Ir].[Ir].[Pt+2].[c-]1cccc2sc3cccnc3c12.[c-]1ccccc1-c1cc2c(cn1)[nH]c1cc3c(cc12)c1ccccc1n3-c1ccccc1.[c-]1ccccc1-c1ccc2c(n1)N1c3nc(-c4[c-]cccc4)ccc3Cc3cccc(c31)C2.[c-]1ccccc1-c1ccccn1.[c-]1ccccc1-c1ccccn1. The number of nitrogens with zero attached hydrogens (tertiary/aromatic N) is 10. The van der Waals surface area contributed by atoms with E-state index in [4.69, 9.17) is 9.97 Å². The summed E-state index contributed by atoms with van der Waals surface area (Å²) in [5.41, 5.74) is 30.7. The molecule has 2 aliphatic rings. The minimum absolute atomic E-state index is 0. The number of aryl methyl sites for hydroxylation is 1. The Morgan fingerprint density at radius 2 is 0.774 bits per heavy atom. The summed E-state index contributed by atoms with van der Waals surface area (Å²) in [4.78, 5) is 42.9. The van der Waals surface area contributed by atoms with Crippen LogP contribution in [0.4, 0.5) is 17.3 Å². The molecule has 146 heavy (non-hydrogen) atoms. The van der Waals surface area contributed by atoms with Crippen molar-refractivity contribution in [3.63, 3.8) is 0 Å². The van der Waals surface area contributed by atoms with Crippen molar-refractivity contribution in [2.45, 2.75) is 59.0 Å². The van der Waals surface area contributed by atoms with E-state index in [1.165, 1.54) is 97.0 Å². The number of fused-ring (bicyclic) bond motifs is 13. The van der Waals surface area contributed by atoms with Crippen molar-refractivity contribution in [3.8, 4) is 95.6 Å². The number of nitrogens with one attached hydrogen (secondary N) is 1. The summed E-state index contributed by atoms with van der Waals surface area (Å²) in [6, 6.07) is 160. The average molecular weight is 2830 g/mol. The van der Waals surface area contributed by atoms with Gasteiger partial charge in [-0.2, -0.15) is 11.3 Å². The van der Waals surface area contributed by atoms with Crippen LogP contribution >= 0.6 is 11.3 Å². The predicted octanol–water partition coefficient (Wildman–Crippen LogP) is 30.5. The van der Waals surface area contributed by atoms with Crippen LogP contribution in [-0.2, 0) is 114 Å². The Bertz CT molecular complexity index is 8120. The smallest absolute Gasteiger partial charge is 0.353 e. The standard InChI is InChI=1S/C30H19N3.C29H18N3.C18H14N.C17H24NSi2.C11H6NS.2C11H8N.4Ir.Pt/c1-3-8-20(9-4-1)26-16-14-24-18-22-12-7-13-23-19-25-15-17-27(21-10-5-2-6-11-21)32-30(25)33(28(22)23)29(24)31-26;1-3-9-19(10-4-1)25-16-23-22-15-24-21-13-7-8-14-28(21)32(20-11-5-2-6-12-20)29(24)17-26(22)31-27(23)18-30-25;1-14-12-18(16-10-6-3-7-11-16)19-13-17(14)15-8-4-2-5-9-15;1-19(2,3)15-9-7-8-14(12-15)17-11-10-16(13-18-17)20(4,5)6;1-2-5-9-8(4-1)11-10(13-9)6-3-7-12-11;2*1-2-6-10(7-3-1)11-8-4-5-9-12-11;;;;;/h1-8,10,12-17H,18-19H2;1-9,11-18,31H;2-10,12-13H,1H3;7,9-13H,1-6H3;1-3,5-7H;2*1-6,8-9H;;;;;/q-2;6*-1;;;;;+2. The van der Waals surface area contributed by atoms with Gasteiger partial charge in [-0.25, -0.2) is 0 Å². The molecule has 1 N–H and O–H groups in total. The average Bonchev–Trinajstić information content (AvgIpc) is 1.23. The van der Waals surface area contributed by atoms with Crippen LogP contribution in [0, 0.1) is 55.5 Å². The Balaban J connectivity index is 0.000000132. The second-order valence-corrected chi connectivity index (χ2v) is 47.7. The van der Waals surface area contributed by atoms with Gasteiger partial charge in [0.05, 0.1) is 38.4 Å².